The van der Waals surface area contributed by atoms with E-state index < -0.39 is 6.61 Å². The maximum Gasteiger partial charge on any atom is 0.345 e. The predicted octanol–water partition coefficient (Wildman–Crippen LogP) is 2.43. The molecule has 0 radical (unpaired) electrons. The molecule has 0 spiro atoms. The summed E-state index contributed by atoms with van der Waals surface area (Å²) in [5.41, 5.74) is 6.33. The van der Waals surface area contributed by atoms with Crippen LogP contribution >= 0.6 is 0 Å². The van der Waals surface area contributed by atoms with Gasteiger partial charge in [-0.25, -0.2) is 0 Å². The van der Waals surface area contributed by atoms with Gasteiger partial charge in [0.05, 0.1) is 12.3 Å². The van der Waals surface area contributed by atoms with E-state index in [4.69, 9.17) is 5.73 Å². The third-order valence-electron chi connectivity index (χ3n) is 1.19. The number of nitrogen functional groups attached to an aromatic ring is 1. The van der Waals surface area contributed by atoms with Crippen molar-refractivity contribution in [3.05, 3.63) is 24.0 Å². The second kappa shape index (κ2) is 7.20. The van der Waals surface area contributed by atoms with Crippen LogP contribution < -0.4 is 5.73 Å². The van der Waals surface area contributed by atoms with Crippen molar-refractivity contribution >= 4 is 5.69 Å². The molecule has 3 nitrogen and oxygen atoms in total. The Morgan fingerprint density at radius 3 is 2.57 bits per heavy atom. The van der Waals surface area contributed by atoms with Gasteiger partial charge in [0.2, 0.25) is 0 Å². The molecule has 0 aliphatic carbocycles. The molecule has 0 bridgehead atoms. The van der Waals surface area contributed by atoms with Crippen molar-refractivity contribution < 1.29 is 13.5 Å². The van der Waals surface area contributed by atoms with Gasteiger partial charge in [-0.05, 0) is 11.6 Å². The molecule has 80 valence electrons. The number of ether oxygens (including phenoxy) is 1. The fourth-order valence-electron chi connectivity index (χ4n) is 0.746. The molecule has 2 N–H and O–H groups in total. The van der Waals surface area contributed by atoms with Crippen molar-refractivity contribution in [1.29, 1.82) is 0 Å². The number of hydrogen-bond acceptors (Lipinski definition) is 3. The molecule has 0 aliphatic heterocycles. The van der Waals surface area contributed by atoms with Gasteiger partial charge in [-0.15, -0.1) is 0 Å². The first-order valence-electron chi connectivity index (χ1n) is 4.27. The third kappa shape index (κ3) is 5.42. The van der Waals surface area contributed by atoms with E-state index in [1.165, 1.54) is 18.5 Å². The van der Waals surface area contributed by atoms with Crippen molar-refractivity contribution in [3.63, 3.8) is 0 Å². The lowest BCUT2D eigenvalue weighted by atomic mass is 10.3. The van der Waals surface area contributed by atoms with Gasteiger partial charge in [-0.1, -0.05) is 13.8 Å². The Kier molecular flexibility index (Phi) is 6.57. The number of anilines is 1. The zero-order valence-electron chi connectivity index (χ0n) is 8.21. The SMILES string of the molecule is CC.Nc1cncc(COC(F)F)c1. The van der Waals surface area contributed by atoms with Gasteiger partial charge >= 0.3 is 6.61 Å². The van der Waals surface area contributed by atoms with Gasteiger partial charge in [0.1, 0.15) is 0 Å². The van der Waals surface area contributed by atoms with Gasteiger partial charge in [0, 0.05) is 12.4 Å². The monoisotopic (exact) mass is 204 g/mol. The number of nitrogens with zero attached hydrogens (tertiary/aromatic N) is 1. The first kappa shape index (κ1) is 12.8. The van der Waals surface area contributed by atoms with Crippen LogP contribution in [0, 0.1) is 0 Å². The number of halogens is 2. The van der Waals surface area contributed by atoms with Crippen LogP contribution in [0.4, 0.5) is 14.5 Å². The lowest BCUT2D eigenvalue weighted by molar-refractivity contribution is -0.137. The highest BCUT2D eigenvalue weighted by Crippen LogP contribution is 2.07. The quantitative estimate of drug-likeness (QED) is 0.822. The van der Waals surface area contributed by atoms with Crippen molar-refractivity contribution in [2.24, 2.45) is 0 Å². The Hall–Kier alpha value is -1.23. The van der Waals surface area contributed by atoms with Crippen LogP contribution in [-0.2, 0) is 11.3 Å². The van der Waals surface area contributed by atoms with E-state index in [0.29, 0.717) is 11.3 Å². The average molecular weight is 204 g/mol. The summed E-state index contributed by atoms with van der Waals surface area (Å²) in [5, 5.41) is 0. The molecule has 1 aromatic rings. The Morgan fingerprint density at radius 1 is 1.43 bits per heavy atom. The largest absolute Gasteiger partial charge is 0.397 e. The molecule has 0 fully saturated rings. The first-order chi connectivity index (χ1) is 6.68. The number of pyridine rings is 1. The number of nitrogens with two attached hydrogens (primary N) is 1. The summed E-state index contributed by atoms with van der Waals surface area (Å²) < 4.78 is 27.1. The molecule has 1 rings (SSSR count). The van der Waals surface area contributed by atoms with E-state index >= 15 is 0 Å². The molecule has 14 heavy (non-hydrogen) atoms. The predicted molar refractivity (Wildman–Crippen MR) is 50.8 cm³/mol. The van der Waals surface area contributed by atoms with Crippen molar-refractivity contribution in [3.8, 4) is 0 Å². The molecule has 0 saturated carbocycles. The van der Waals surface area contributed by atoms with Gasteiger partial charge < -0.3 is 10.5 Å². The smallest absolute Gasteiger partial charge is 0.345 e. The van der Waals surface area contributed by atoms with E-state index in [9.17, 15) is 8.78 Å². The topological polar surface area (TPSA) is 48.1 Å². The summed E-state index contributed by atoms with van der Waals surface area (Å²) in [5.74, 6) is 0. The highest BCUT2D eigenvalue weighted by atomic mass is 19.3. The molecular formula is C9H14F2N2O. The molecule has 0 aromatic carbocycles. The zero-order valence-corrected chi connectivity index (χ0v) is 8.21. The minimum atomic E-state index is -2.76. The highest BCUT2D eigenvalue weighted by Gasteiger charge is 2.02. The number of aromatic nitrogens is 1. The van der Waals surface area contributed by atoms with Crippen molar-refractivity contribution in [2.75, 3.05) is 5.73 Å². The number of alkyl halides is 2. The van der Waals surface area contributed by atoms with Crippen LogP contribution in [-0.4, -0.2) is 11.6 Å². The maximum absolute atomic E-state index is 11.5. The van der Waals surface area contributed by atoms with Crippen LogP contribution in [0.3, 0.4) is 0 Å². The lowest BCUT2D eigenvalue weighted by Crippen LogP contribution is -2.00. The van der Waals surface area contributed by atoms with E-state index in [1.807, 2.05) is 13.8 Å². The average Bonchev–Trinajstić information content (AvgIpc) is 2.18. The van der Waals surface area contributed by atoms with Gasteiger partial charge in [0.25, 0.3) is 0 Å². The van der Waals surface area contributed by atoms with E-state index in [-0.39, 0.29) is 6.61 Å². The summed E-state index contributed by atoms with van der Waals surface area (Å²) in [6.07, 6.45) is 2.87. The van der Waals surface area contributed by atoms with E-state index in [2.05, 4.69) is 9.72 Å². The Bertz CT molecular complexity index is 256. The molecule has 0 unspecified atom stereocenters. The van der Waals surface area contributed by atoms with E-state index in [0.717, 1.165) is 0 Å². The van der Waals surface area contributed by atoms with Crippen LogP contribution in [0.2, 0.25) is 0 Å². The fourth-order valence-corrected chi connectivity index (χ4v) is 0.746. The lowest BCUT2D eigenvalue weighted by Gasteiger charge is -2.02. The van der Waals surface area contributed by atoms with Gasteiger partial charge in [-0.2, -0.15) is 8.78 Å². The molecule has 0 atom stereocenters. The van der Waals surface area contributed by atoms with E-state index in [1.54, 1.807) is 0 Å². The Balaban J connectivity index is 0.000000791. The molecule has 0 saturated heterocycles. The minimum absolute atomic E-state index is 0.171. The van der Waals surface area contributed by atoms with Crippen LogP contribution in [0.5, 0.6) is 0 Å². The third-order valence-corrected chi connectivity index (χ3v) is 1.19. The molecule has 0 amide bonds. The molecule has 1 aromatic heterocycles. The summed E-state index contributed by atoms with van der Waals surface area (Å²) in [4.78, 5) is 3.71. The highest BCUT2D eigenvalue weighted by molar-refractivity contribution is 5.36. The number of hydrogen-bond donors (Lipinski definition) is 1. The Morgan fingerprint density at radius 2 is 2.07 bits per heavy atom. The fraction of sp³-hybridized carbons (Fsp3) is 0.444. The molecule has 0 aliphatic rings. The minimum Gasteiger partial charge on any atom is -0.397 e. The molecular weight excluding hydrogens is 190 g/mol. The van der Waals surface area contributed by atoms with Crippen molar-refractivity contribution in [1.82, 2.24) is 4.98 Å². The summed E-state index contributed by atoms with van der Waals surface area (Å²) in [7, 11) is 0. The first-order valence-corrected chi connectivity index (χ1v) is 4.27. The van der Waals surface area contributed by atoms with Crippen LogP contribution in [0.1, 0.15) is 19.4 Å². The summed E-state index contributed by atoms with van der Waals surface area (Å²) in [6, 6.07) is 1.54. The standard InChI is InChI=1S/C7H8F2N2O.C2H6/c8-7(9)12-4-5-1-6(10)3-11-2-5;1-2/h1-3,7H,4,10H2;1-2H3. The van der Waals surface area contributed by atoms with Gasteiger partial charge in [0.15, 0.2) is 0 Å². The summed E-state index contributed by atoms with van der Waals surface area (Å²) in [6.45, 7) is 1.07. The normalized spacial score (nSPS) is 9.50. The summed E-state index contributed by atoms with van der Waals surface area (Å²) >= 11 is 0. The van der Waals surface area contributed by atoms with Gasteiger partial charge in [-0.3, -0.25) is 4.98 Å². The second-order valence-corrected chi connectivity index (χ2v) is 2.20. The zero-order chi connectivity index (χ0) is 11.0. The number of rotatable bonds is 3. The molecule has 1 heterocycles. The maximum atomic E-state index is 11.5. The Labute approximate surface area is 81.9 Å². The van der Waals surface area contributed by atoms with Crippen LogP contribution in [0.25, 0.3) is 0 Å². The second-order valence-electron chi connectivity index (χ2n) is 2.20. The van der Waals surface area contributed by atoms with Crippen LogP contribution in [0.15, 0.2) is 18.5 Å². The molecule has 5 heteroatoms. The van der Waals surface area contributed by atoms with Crippen molar-refractivity contribution in [2.45, 2.75) is 27.1 Å².